The molecule has 1 atom stereocenters. The summed E-state index contributed by atoms with van der Waals surface area (Å²) in [6.45, 7) is 0. The molecule has 2 aromatic rings. The number of rotatable bonds is 3. The molecule has 1 N–H and O–H groups in total. The molecule has 0 saturated carbocycles. The fourth-order valence-corrected chi connectivity index (χ4v) is 3.20. The Kier molecular flexibility index (Phi) is 3.55. The van der Waals surface area contributed by atoms with E-state index in [0.717, 1.165) is 23.1 Å². The Hall–Kier alpha value is -1.72. The van der Waals surface area contributed by atoms with E-state index in [-0.39, 0.29) is 6.10 Å². The minimum Gasteiger partial charge on any atom is -0.485 e. The first-order chi connectivity index (χ1) is 9.92. The van der Waals surface area contributed by atoms with Crippen LogP contribution >= 0.6 is 11.6 Å². The normalized spacial score (nSPS) is 17.1. The average molecular weight is 324 g/mol. The second-order valence-corrected chi connectivity index (χ2v) is 7.18. The molecule has 1 aliphatic rings. The Labute approximate surface area is 128 Å². The molecule has 6 heteroatoms. The van der Waals surface area contributed by atoms with E-state index in [2.05, 4.69) is 4.72 Å². The van der Waals surface area contributed by atoms with E-state index in [1.165, 1.54) is 0 Å². The third-order valence-corrected chi connectivity index (χ3v) is 4.28. The highest BCUT2D eigenvalue weighted by Gasteiger charge is 2.26. The van der Waals surface area contributed by atoms with Crippen molar-refractivity contribution in [2.75, 3.05) is 11.0 Å². The van der Waals surface area contributed by atoms with Crippen LogP contribution in [0.15, 0.2) is 42.5 Å². The summed E-state index contributed by atoms with van der Waals surface area (Å²) in [7, 11) is -3.26. The maximum atomic E-state index is 11.2. The molecule has 0 aliphatic carbocycles. The van der Waals surface area contributed by atoms with Gasteiger partial charge >= 0.3 is 0 Å². The van der Waals surface area contributed by atoms with E-state index in [0.29, 0.717) is 17.1 Å². The number of sulfonamides is 1. The highest BCUT2D eigenvalue weighted by atomic mass is 35.5. The number of benzene rings is 2. The Morgan fingerprint density at radius 2 is 1.90 bits per heavy atom. The summed E-state index contributed by atoms with van der Waals surface area (Å²) >= 11 is 6.16. The molecule has 0 fully saturated rings. The second-order valence-electron chi connectivity index (χ2n) is 5.02. The van der Waals surface area contributed by atoms with Crippen LogP contribution in [0.5, 0.6) is 5.75 Å². The molecule has 21 heavy (non-hydrogen) atoms. The molecule has 3 rings (SSSR count). The van der Waals surface area contributed by atoms with Gasteiger partial charge in [0, 0.05) is 22.7 Å². The molecular formula is C15H14ClNO3S. The van der Waals surface area contributed by atoms with Crippen LogP contribution in [0, 0.1) is 0 Å². The molecular weight excluding hydrogens is 310 g/mol. The lowest BCUT2D eigenvalue weighted by atomic mass is 10.0. The average Bonchev–Trinajstić information content (AvgIpc) is 2.83. The topological polar surface area (TPSA) is 55.4 Å². The molecule has 0 bridgehead atoms. The zero-order valence-electron chi connectivity index (χ0n) is 11.3. The zero-order valence-corrected chi connectivity index (χ0v) is 12.9. The van der Waals surface area contributed by atoms with Gasteiger partial charge in [-0.15, -0.1) is 0 Å². The predicted molar refractivity (Wildman–Crippen MR) is 83.4 cm³/mol. The van der Waals surface area contributed by atoms with E-state index >= 15 is 0 Å². The quantitative estimate of drug-likeness (QED) is 0.942. The van der Waals surface area contributed by atoms with Gasteiger partial charge in [-0.05, 0) is 29.8 Å². The maximum Gasteiger partial charge on any atom is 0.229 e. The first-order valence-corrected chi connectivity index (χ1v) is 8.71. The third-order valence-electron chi connectivity index (χ3n) is 3.32. The Morgan fingerprint density at radius 3 is 2.52 bits per heavy atom. The molecule has 110 valence electrons. The second kappa shape index (κ2) is 5.24. The molecule has 0 saturated heterocycles. The molecule has 0 spiro atoms. The summed E-state index contributed by atoms with van der Waals surface area (Å²) in [4.78, 5) is 0. The van der Waals surface area contributed by atoms with Crippen molar-refractivity contribution < 1.29 is 13.2 Å². The number of hydrogen-bond donors (Lipinski definition) is 1. The van der Waals surface area contributed by atoms with Gasteiger partial charge in [0.2, 0.25) is 10.0 Å². The number of hydrogen-bond acceptors (Lipinski definition) is 3. The molecule has 1 heterocycles. The monoisotopic (exact) mass is 323 g/mol. The van der Waals surface area contributed by atoms with Gasteiger partial charge in [-0.2, -0.15) is 0 Å². The van der Waals surface area contributed by atoms with Crippen molar-refractivity contribution in [1.29, 1.82) is 0 Å². The molecule has 0 aromatic heterocycles. The predicted octanol–water partition coefficient (Wildman–Crippen LogP) is 3.39. The lowest BCUT2D eigenvalue weighted by molar-refractivity contribution is 0.239. The van der Waals surface area contributed by atoms with Crippen LogP contribution in [-0.4, -0.2) is 14.7 Å². The fraction of sp³-hybridized carbons (Fsp3) is 0.200. The number of nitrogens with one attached hydrogen (secondary N) is 1. The van der Waals surface area contributed by atoms with Gasteiger partial charge < -0.3 is 4.74 Å². The summed E-state index contributed by atoms with van der Waals surface area (Å²) in [5, 5.41) is 0.713. The Bertz CT molecular complexity index is 772. The van der Waals surface area contributed by atoms with Crippen molar-refractivity contribution >= 4 is 27.3 Å². The highest BCUT2D eigenvalue weighted by molar-refractivity contribution is 7.92. The Morgan fingerprint density at radius 1 is 1.19 bits per heavy atom. The van der Waals surface area contributed by atoms with Gasteiger partial charge in [-0.3, -0.25) is 4.72 Å². The summed E-state index contributed by atoms with van der Waals surface area (Å²) in [5.41, 5.74) is 2.54. The first-order valence-electron chi connectivity index (χ1n) is 6.44. The van der Waals surface area contributed by atoms with Crippen LogP contribution in [0.25, 0.3) is 0 Å². The Balaban J connectivity index is 1.79. The van der Waals surface area contributed by atoms with Crippen molar-refractivity contribution in [2.24, 2.45) is 0 Å². The van der Waals surface area contributed by atoms with E-state index < -0.39 is 10.0 Å². The van der Waals surface area contributed by atoms with Crippen LogP contribution in [0.3, 0.4) is 0 Å². The van der Waals surface area contributed by atoms with Crippen molar-refractivity contribution in [3.63, 3.8) is 0 Å². The van der Waals surface area contributed by atoms with Crippen LogP contribution < -0.4 is 9.46 Å². The molecule has 2 aromatic carbocycles. The lowest BCUT2D eigenvalue weighted by Crippen LogP contribution is -2.10. The van der Waals surface area contributed by atoms with E-state index in [9.17, 15) is 8.42 Å². The standard InChI is InChI=1S/C15H14ClNO3S/c1-21(18,19)17-11-7-5-10(6-8-11)15-9-12-13(16)3-2-4-14(12)20-15/h2-8,15,17H,9H2,1H3. The number of anilines is 1. The summed E-state index contributed by atoms with van der Waals surface area (Å²) in [5.74, 6) is 0.811. The SMILES string of the molecule is CS(=O)(=O)Nc1ccc(C2Cc3c(Cl)cccc3O2)cc1. The first kappa shape index (κ1) is 14.2. The minimum atomic E-state index is -3.26. The van der Waals surface area contributed by atoms with Gasteiger partial charge in [0.25, 0.3) is 0 Å². The molecule has 1 unspecified atom stereocenters. The minimum absolute atomic E-state index is 0.0906. The van der Waals surface area contributed by atoms with Gasteiger partial charge in [-0.1, -0.05) is 29.8 Å². The van der Waals surface area contributed by atoms with E-state index in [1.54, 1.807) is 12.1 Å². The highest BCUT2D eigenvalue weighted by Crippen LogP contribution is 2.40. The van der Waals surface area contributed by atoms with Crippen molar-refractivity contribution in [3.05, 3.63) is 58.6 Å². The smallest absolute Gasteiger partial charge is 0.229 e. The largest absolute Gasteiger partial charge is 0.485 e. The maximum absolute atomic E-state index is 11.2. The molecule has 0 radical (unpaired) electrons. The number of ether oxygens (including phenoxy) is 1. The van der Waals surface area contributed by atoms with Gasteiger partial charge in [0.15, 0.2) is 0 Å². The fourth-order valence-electron chi connectivity index (χ4n) is 2.39. The van der Waals surface area contributed by atoms with Gasteiger partial charge in [0.05, 0.1) is 6.26 Å². The summed E-state index contributed by atoms with van der Waals surface area (Å²) in [6, 6.07) is 12.8. The van der Waals surface area contributed by atoms with Crippen LogP contribution in [0.1, 0.15) is 17.2 Å². The number of halogens is 1. The number of fused-ring (bicyclic) bond motifs is 1. The zero-order chi connectivity index (χ0) is 15.0. The van der Waals surface area contributed by atoms with Crippen molar-refractivity contribution in [2.45, 2.75) is 12.5 Å². The van der Waals surface area contributed by atoms with Gasteiger partial charge in [-0.25, -0.2) is 8.42 Å². The van der Waals surface area contributed by atoms with Crippen molar-refractivity contribution in [1.82, 2.24) is 0 Å². The van der Waals surface area contributed by atoms with Crippen LogP contribution in [-0.2, 0) is 16.4 Å². The third kappa shape index (κ3) is 3.14. The molecule has 4 nitrogen and oxygen atoms in total. The van der Waals surface area contributed by atoms with Crippen LogP contribution in [0.2, 0.25) is 5.02 Å². The van der Waals surface area contributed by atoms with Crippen LogP contribution in [0.4, 0.5) is 5.69 Å². The van der Waals surface area contributed by atoms with E-state index in [4.69, 9.17) is 16.3 Å². The molecule has 0 amide bonds. The van der Waals surface area contributed by atoms with E-state index in [1.807, 2.05) is 30.3 Å². The summed E-state index contributed by atoms with van der Waals surface area (Å²) in [6.07, 6.45) is 1.75. The van der Waals surface area contributed by atoms with Crippen molar-refractivity contribution in [3.8, 4) is 5.75 Å². The lowest BCUT2D eigenvalue weighted by Gasteiger charge is -2.12. The molecule has 1 aliphatic heterocycles. The van der Waals surface area contributed by atoms with Gasteiger partial charge in [0.1, 0.15) is 11.9 Å². The summed E-state index contributed by atoms with van der Waals surface area (Å²) < 4.78 is 30.7.